The Hall–Kier alpha value is 0.466. The Morgan fingerprint density at radius 3 is 1.00 bits per heavy atom. The van der Waals surface area contributed by atoms with Crippen LogP contribution >= 0.6 is 0 Å². The predicted molar refractivity (Wildman–Crippen MR) is 19.6 cm³/mol. The van der Waals surface area contributed by atoms with Crippen LogP contribution in [-0.2, 0) is 16.8 Å². The molecule has 0 aliphatic carbocycles. The number of rotatable bonds is 0. The maximum absolute atomic E-state index is 2.00. The van der Waals surface area contributed by atoms with Crippen LogP contribution in [0.2, 0.25) is 0 Å². The van der Waals surface area contributed by atoms with Crippen molar-refractivity contribution < 1.29 is 16.8 Å². The molecular formula is C3H9CoN. The first kappa shape index (κ1) is 9.08. The molecule has 0 saturated carbocycles. The maximum Gasteiger partial charge on any atom is 0 e. The van der Waals surface area contributed by atoms with E-state index < -0.39 is 0 Å². The molecule has 0 atom stereocenters. The smallest absolute Gasteiger partial charge is 0 e. The van der Waals surface area contributed by atoms with Gasteiger partial charge in [-0.2, -0.15) is 0 Å². The van der Waals surface area contributed by atoms with Crippen LogP contribution in [0.15, 0.2) is 0 Å². The van der Waals surface area contributed by atoms with Gasteiger partial charge in [0.2, 0.25) is 0 Å². The molecule has 0 saturated heterocycles. The molecule has 0 N–H and O–H groups in total. The monoisotopic (exact) mass is 118 g/mol. The maximum atomic E-state index is 2.00. The van der Waals surface area contributed by atoms with E-state index in [1.54, 1.807) is 0 Å². The molecule has 0 aliphatic heterocycles. The second kappa shape index (κ2) is 4.47. The van der Waals surface area contributed by atoms with E-state index in [-0.39, 0.29) is 16.8 Å². The van der Waals surface area contributed by atoms with Gasteiger partial charge in [-0.1, -0.05) is 0 Å². The van der Waals surface area contributed by atoms with E-state index in [1.807, 2.05) is 26.0 Å². The molecule has 1 nitrogen and oxygen atoms in total. The Morgan fingerprint density at radius 2 is 1.00 bits per heavy atom. The zero-order chi connectivity index (χ0) is 3.58. The first-order chi connectivity index (χ1) is 1.73. The van der Waals surface area contributed by atoms with E-state index in [1.165, 1.54) is 0 Å². The van der Waals surface area contributed by atoms with Crippen LogP contribution in [-0.4, -0.2) is 26.0 Å². The Morgan fingerprint density at radius 1 is 1.00 bits per heavy atom. The molecule has 0 heterocycles. The molecule has 0 spiro atoms. The summed E-state index contributed by atoms with van der Waals surface area (Å²) in [4.78, 5) is 2.00. The van der Waals surface area contributed by atoms with Gasteiger partial charge in [0, 0.05) is 16.8 Å². The van der Waals surface area contributed by atoms with Gasteiger partial charge in [0.05, 0.1) is 0 Å². The van der Waals surface area contributed by atoms with Gasteiger partial charge in [-0.25, -0.2) is 0 Å². The number of hydrogen-bond acceptors (Lipinski definition) is 1. The molecule has 0 aromatic heterocycles. The molecule has 35 valence electrons. The van der Waals surface area contributed by atoms with Crippen LogP contribution in [0.5, 0.6) is 0 Å². The average Bonchev–Trinajstić information content (AvgIpc) is 0.811. The fraction of sp³-hybridized carbons (Fsp3) is 1.00. The minimum absolute atomic E-state index is 0. The van der Waals surface area contributed by atoms with Crippen LogP contribution in [0, 0.1) is 0 Å². The van der Waals surface area contributed by atoms with Gasteiger partial charge >= 0.3 is 0 Å². The van der Waals surface area contributed by atoms with Gasteiger partial charge in [-0.3, -0.25) is 0 Å². The molecular weight excluding hydrogens is 109 g/mol. The zero-order valence-corrected chi connectivity index (χ0v) is 4.82. The first-order valence-electron chi connectivity index (χ1n) is 1.34. The minimum atomic E-state index is 0. The molecule has 0 amide bonds. The van der Waals surface area contributed by atoms with E-state index in [4.69, 9.17) is 0 Å². The van der Waals surface area contributed by atoms with Gasteiger partial charge < -0.3 is 4.90 Å². The molecule has 2 heteroatoms. The standard InChI is InChI=1S/C3H9N.Co/c1-4(2)3;/h1-3H3;. The van der Waals surface area contributed by atoms with Crippen LogP contribution < -0.4 is 0 Å². The van der Waals surface area contributed by atoms with Crippen molar-refractivity contribution in [2.45, 2.75) is 0 Å². The summed E-state index contributed by atoms with van der Waals surface area (Å²) >= 11 is 0. The summed E-state index contributed by atoms with van der Waals surface area (Å²) in [6.07, 6.45) is 0. The number of hydrogen-bond donors (Lipinski definition) is 0. The van der Waals surface area contributed by atoms with Crippen molar-refractivity contribution in [3.63, 3.8) is 0 Å². The van der Waals surface area contributed by atoms with Crippen molar-refractivity contribution in [3.8, 4) is 0 Å². The molecule has 0 aromatic rings. The van der Waals surface area contributed by atoms with Gasteiger partial charge in [-0.15, -0.1) is 0 Å². The third kappa shape index (κ3) is 125. The van der Waals surface area contributed by atoms with Crippen LogP contribution in [0.25, 0.3) is 0 Å². The van der Waals surface area contributed by atoms with E-state index in [2.05, 4.69) is 0 Å². The van der Waals surface area contributed by atoms with Crippen molar-refractivity contribution in [2.24, 2.45) is 0 Å². The van der Waals surface area contributed by atoms with E-state index >= 15 is 0 Å². The topological polar surface area (TPSA) is 3.24 Å². The van der Waals surface area contributed by atoms with Crippen LogP contribution in [0.1, 0.15) is 0 Å². The summed E-state index contributed by atoms with van der Waals surface area (Å²) in [6.45, 7) is 0. The largest absolute Gasteiger partial charge is 0.312 e. The van der Waals surface area contributed by atoms with E-state index in [9.17, 15) is 0 Å². The molecule has 0 fully saturated rings. The minimum Gasteiger partial charge on any atom is -0.312 e. The molecule has 5 heavy (non-hydrogen) atoms. The van der Waals surface area contributed by atoms with Gasteiger partial charge in [0.25, 0.3) is 0 Å². The normalized spacial score (nSPS) is 7.20. The van der Waals surface area contributed by atoms with E-state index in [0.29, 0.717) is 0 Å². The second-order valence-corrected chi connectivity index (χ2v) is 1.34. The first-order valence-corrected chi connectivity index (χ1v) is 1.34. The van der Waals surface area contributed by atoms with Gasteiger partial charge in [-0.05, 0) is 21.1 Å². The molecule has 1 radical (unpaired) electrons. The third-order valence-electron chi connectivity index (χ3n) is 0. The van der Waals surface area contributed by atoms with Gasteiger partial charge in [0.1, 0.15) is 0 Å². The molecule has 0 rings (SSSR count). The molecule has 0 aromatic carbocycles. The summed E-state index contributed by atoms with van der Waals surface area (Å²) < 4.78 is 0. The third-order valence-corrected chi connectivity index (χ3v) is 0. The fourth-order valence-corrected chi connectivity index (χ4v) is 0. The Bertz CT molecular complexity index is 11.6. The zero-order valence-electron chi connectivity index (χ0n) is 3.78. The molecule has 0 unspecified atom stereocenters. The van der Waals surface area contributed by atoms with Crippen molar-refractivity contribution in [3.05, 3.63) is 0 Å². The molecule has 0 aliphatic rings. The number of nitrogens with zero attached hydrogens (tertiary/aromatic N) is 1. The van der Waals surface area contributed by atoms with Crippen LogP contribution in [0.3, 0.4) is 0 Å². The Kier molecular flexibility index (Phi) is 8.11. The van der Waals surface area contributed by atoms with Gasteiger partial charge in [0.15, 0.2) is 0 Å². The fourth-order valence-electron chi connectivity index (χ4n) is 0. The quantitative estimate of drug-likeness (QED) is 0.438. The van der Waals surface area contributed by atoms with Crippen molar-refractivity contribution in [1.82, 2.24) is 4.90 Å². The predicted octanol–water partition coefficient (Wildman–Crippen LogP) is 0.175. The van der Waals surface area contributed by atoms with Crippen molar-refractivity contribution in [1.29, 1.82) is 0 Å². The average molecular weight is 118 g/mol. The van der Waals surface area contributed by atoms with Crippen molar-refractivity contribution in [2.75, 3.05) is 21.1 Å². The van der Waals surface area contributed by atoms with Crippen molar-refractivity contribution >= 4 is 0 Å². The summed E-state index contributed by atoms with van der Waals surface area (Å²) in [5.41, 5.74) is 0. The SMILES string of the molecule is CN(C)C.[Co]. The Balaban J connectivity index is 0. The Labute approximate surface area is 43.5 Å². The summed E-state index contributed by atoms with van der Waals surface area (Å²) in [5, 5.41) is 0. The second-order valence-electron chi connectivity index (χ2n) is 1.34. The summed E-state index contributed by atoms with van der Waals surface area (Å²) in [6, 6.07) is 0. The summed E-state index contributed by atoms with van der Waals surface area (Å²) in [7, 11) is 6.00. The van der Waals surface area contributed by atoms with E-state index in [0.717, 1.165) is 0 Å². The molecule has 0 bridgehead atoms. The summed E-state index contributed by atoms with van der Waals surface area (Å²) in [5.74, 6) is 0. The van der Waals surface area contributed by atoms with Crippen LogP contribution in [0.4, 0.5) is 0 Å².